The molecule has 0 aliphatic carbocycles. The minimum atomic E-state index is -1.03. The third kappa shape index (κ3) is 8.52. The summed E-state index contributed by atoms with van der Waals surface area (Å²) in [5.74, 6) is -1.22. The van der Waals surface area contributed by atoms with Crippen LogP contribution >= 0.6 is 0 Å². The zero-order chi connectivity index (χ0) is 16.3. The summed E-state index contributed by atoms with van der Waals surface area (Å²) in [7, 11) is 0. The van der Waals surface area contributed by atoms with Gasteiger partial charge in [-0.3, -0.25) is 0 Å². The molecule has 0 bridgehead atoms. The number of carbonyl (C=O) groups excluding carboxylic acids is 1. The lowest BCUT2D eigenvalue weighted by Gasteiger charge is -2.26. The molecule has 7 heteroatoms. The van der Waals surface area contributed by atoms with Crippen molar-refractivity contribution in [3.63, 3.8) is 0 Å². The molecule has 2 N–H and O–H groups in total. The Balaban J connectivity index is 4.55. The van der Waals surface area contributed by atoms with Gasteiger partial charge in [0, 0.05) is 26.3 Å². The number of nitrogens with one attached hydrogen (secondary N) is 1. The summed E-state index contributed by atoms with van der Waals surface area (Å²) in [6.07, 6.45) is 0. The summed E-state index contributed by atoms with van der Waals surface area (Å²) >= 11 is 0. The number of urea groups is 1. The van der Waals surface area contributed by atoms with Gasteiger partial charge in [0.15, 0.2) is 0 Å². The van der Waals surface area contributed by atoms with Gasteiger partial charge in [-0.25, -0.2) is 9.59 Å². The van der Waals surface area contributed by atoms with Crippen LogP contribution < -0.4 is 5.32 Å². The van der Waals surface area contributed by atoms with E-state index >= 15 is 0 Å². The Kier molecular flexibility index (Phi) is 10.6. The van der Waals surface area contributed by atoms with Crippen molar-refractivity contribution in [3.05, 3.63) is 0 Å². The third-order valence-electron chi connectivity index (χ3n) is 2.92. The second-order valence-corrected chi connectivity index (χ2v) is 4.89. The minimum Gasteiger partial charge on any atom is -0.480 e. The lowest BCUT2D eigenvalue weighted by Crippen LogP contribution is -2.51. The first-order valence-corrected chi connectivity index (χ1v) is 7.37. The summed E-state index contributed by atoms with van der Waals surface area (Å²) < 4.78 is 10.5. The monoisotopic (exact) mass is 304 g/mol. The third-order valence-corrected chi connectivity index (χ3v) is 2.92. The van der Waals surface area contributed by atoms with Crippen molar-refractivity contribution in [2.75, 3.05) is 39.5 Å². The van der Waals surface area contributed by atoms with E-state index in [0.29, 0.717) is 39.5 Å². The molecule has 0 aliphatic heterocycles. The van der Waals surface area contributed by atoms with Crippen molar-refractivity contribution < 1.29 is 24.2 Å². The second kappa shape index (κ2) is 11.3. The summed E-state index contributed by atoms with van der Waals surface area (Å²) in [6.45, 7) is 10.0. The average Bonchev–Trinajstić information content (AvgIpc) is 2.42. The summed E-state index contributed by atoms with van der Waals surface area (Å²) in [6, 6.07) is -1.31. The lowest BCUT2D eigenvalue weighted by atomic mass is 10.1. The predicted molar refractivity (Wildman–Crippen MR) is 79.4 cm³/mol. The second-order valence-electron chi connectivity index (χ2n) is 4.89. The zero-order valence-corrected chi connectivity index (χ0v) is 13.4. The number of hydrogen-bond acceptors (Lipinski definition) is 4. The summed E-state index contributed by atoms with van der Waals surface area (Å²) in [4.78, 5) is 24.8. The summed E-state index contributed by atoms with van der Waals surface area (Å²) in [5.41, 5.74) is 0. The van der Waals surface area contributed by atoms with Gasteiger partial charge in [-0.1, -0.05) is 13.8 Å². The topological polar surface area (TPSA) is 88.1 Å². The van der Waals surface area contributed by atoms with Gasteiger partial charge in [-0.2, -0.15) is 0 Å². The van der Waals surface area contributed by atoms with Crippen LogP contribution in [0.4, 0.5) is 4.79 Å². The van der Waals surface area contributed by atoms with Gasteiger partial charge in [0.05, 0.1) is 13.2 Å². The van der Waals surface area contributed by atoms with E-state index in [1.165, 1.54) is 4.90 Å². The Morgan fingerprint density at radius 2 is 1.57 bits per heavy atom. The molecule has 0 unspecified atom stereocenters. The van der Waals surface area contributed by atoms with Crippen molar-refractivity contribution in [3.8, 4) is 0 Å². The van der Waals surface area contributed by atoms with E-state index in [2.05, 4.69) is 5.32 Å². The van der Waals surface area contributed by atoms with E-state index < -0.39 is 18.0 Å². The zero-order valence-electron chi connectivity index (χ0n) is 13.4. The van der Waals surface area contributed by atoms with Gasteiger partial charge in [0.1, 0.15) is 6.04 Å². The smallest absolute Gasteiger partial charge is 0.326 e. The Morgan fingerprint density at radius 1 is 1.10 bits per heavy atom. The number of ether oxygens (including phenoxy) is 2. The quantitative estimate of drug-likeness (QED) is 0.560. The van der Waals surface area contributed by atoms with Crippen LogP contribution in [0.15, 0.2) is 0 Å². The standard InChI is InChI=1S/C14H28N2O5/c1-5-20-9-7-16(8-10-21-6-2)14(19)15-12(11(3)4)13(17)18/h11-12H,5-10H2,1-4H3,(H,15,19)(H,17,18)/t12-/m0/s1. The van der Waals surface area contributed by atoms with Crippen LogP contribution in [0.25, 0.3) is 0 Å². The van der Waals surface area contributed by atoms with Crippen LogP contribution in [0.2, 0.25) is 0 Å². The molecule has 0 aliphatic rings. The van der Waals surface area contributed by atoms with E-state index in [-0.39, 0.29) is 5.92 Å². The fraction of sp³-hybridized carbons (Fsp3) is 0.857. The maximum atomic E-state index is 12.2. The molecule has 0 aromatic heterocycles. The number of aliphatic carboxylic acids is 1. The molecule has 2 amide bonds. The lowest BCUT2D eigenvalue weighted by molar-refractivity contribution is -0.140. The number of hydrogen-bond donors (Lipinski definition) is 2. The van der Waals surface area contributed by atoms with E-state index in [9.17, 15) is 9.59 Å². The molecular formula is C14H28N2O5. The van der Waals surface area contributed by atoms with E-state index in [4.69, 9.17) is 14.6 Å². The van der Waals surface area contributed by atoms with Gasteiger partial charge in [-0.15, -0.1) is 0 Å². The highest BCUT2D eigenvalue weighted by Gasteiger charge is 2.25. The number of carbonyl (C=O) groups is 2. The van der Waals surface area contributed by atoms with Crippen LogP contribution in [0, 0.1) is 5.92 Å². The highest BCUT2D eigenvalue weighted by Crippen LogP contribution is 2.03. The molecule has 0 heterocycles. The molecule has 0 radical (unpaired) electrons. The van der Waals surface area contributed by atoms with Crippen LogP contribution in [0.3, 0.4) is 0 Å². The number of carboxylic acids is 1. The van der Waals surface area contributed by atoms with Gasteiger partial charge in [0.2, 0.25) is 0 Å². The van der Waals surface area contributed by atoms with Crippen LogP contribution in [0.5, 0.6) is 0 Å². The number of amides is 2. The number of nitrogens with zero attached hydrogens (tertiary/aromatic N) is 1. The molecule has 0 aromatic carbocycles. The SMILES string of the molecule is CCOCCN(CCOCC)C(=O)N[C@H](C(=O)O)C(C)C. The molecule has 0 saturated heterocycles. The fourth-order valence-electron chi connectivity index (χ4n) is 1.69. The Labute approximate surface area is 126 Å². The van der Waals surface area contributed by atoms with Crippen molar-refractivity contribution >= 4 is 12.0 Å². The van der Waals surface area contributed by atoms with E-state index in [0.717, 1.165) is 0 Å². The Bertz CT molecular complexity index is 300. The molecule has 0 aromatic rings. The van der Waals surface area contributed by atoms with Crippen LogP contribution in [0.1, 0.15) is 27.7 Å². The van der Waals surface area contributed by atoms with Crippen molar-refractivity contribution in [2.45, 2.75) is 33.7 Å². The Morgan fingerprint density at radius 3 is 1.90 bits per heavy atom. The van der Waals surface area contributed by atoms with Gasteiger partial charge < -0.3 is 24.8 Å². The Hall–Kier alpha value is -1.34. The van der Waals surface area contributed by atoms with E-state index in [1.807, 2.05) is 13.8 Å². The van der Waals surface area contributed by atoms with E-state index in [1.54, 1.807) is 13.8 Å². The summed E-state index contributed by atoms with van der Waals surface area (Å²) in [5, 5.41) is 11.7. The normalized spacial score (nSPS) is 12.2. The maximum Gasteiger partial charge on any atom is 0.326 e. The number of carboxylic acid groups (broad SMARTS) is 1. The first-order chi connectivity index (χ1) is 9.93. The highest BCUT2D eigenvalue weighted by molar-refractivity contribution is 5.82. The van der Waals surface area contributed by atoms with Gasteiger partial charge in [-0.05, 0) is 19.8 Å². The predicted octanol–water partition coefficient (Wildman–Crippen LogP) is 1.18. The van der Waals surface area contributed by atoms with Gasteiger partial charge >= 0.3 is 12.0 Å². The molecule has 124 valence electrons. The van der Waals surface area contributed by atoms with Crippen molar-refractivity contribution in [1.29, 1.82) is 0 Å². The first kappa shape index (κ1) is 19.7. The molecule has 1 atom stereocenters. The largest absolute Gasteiger partial charge is 0.480 e. The average molecular weight is 304 g/mol. The van der Waals surface area contributed by atoms with Gasteiger partial charge in [0.25, 0.3) is 0 Å². The molecule has 0 rings (SSSR count). The molecule has 0 fully saturated rings. The van der Waals surface area contributed by atoms with Crippen molar-refractivity contribution in [1.82, 2.24) is 10.2 Å². The van der Waals surface area contributed by atoms with Crippen LogP contribution in [-0.4, -0.2) is 67.6 Å². The minimum absolute atomic E-state index is 0.188. The van der Waals surface area contributed by atoms with Crippen molar-refractivity contribution in [2.24, 2.45) is 5.92 Å². The molecule has 0 spiro atoms. The highest BCUT2D eigenvalue weighted by atomic mass is 16.5. The molecule has 21 heavy (non-hydrogen) atoms. The fourth-order valence-corrected chi connectivity index (χ4v) is 1.69. The van der Waals surface area contributed by atoms with Crippen LogP contribution in [-0.2, 0) is 14.3 Å². The maximum absolute atomic E-state index is 12.2. The molecule has 0 saturated carbocycles. The first-order valence-electron chi connectivity index (χ1n) is 7.37. The number of rotatable bonds is 11. The molecule has 7 nitrogen and oxygen atoms in total. The molecular weight excluding hydrogens is 276 g/mol.